The van der Waals surface area contributed by atoms with Gasteiger partial charge < -0.3 is 5.73 Å². The van der Waals surface area contributed by atoms with Crippen molar-refractivity contribution in [2.24, 2.45) is 5.73 Å². The van der Waals surface area contributed by atoms with Crippen molar-refractivity contribution >= 4 is 9.84 Å². The van der Waals surface area contributed by atoms with Crippen molar-refractivity contribution in [2.45, 2.75) is 41.9 Å². The van der Waals surface area contributed by atoms with Gasteiger partial charge in [-0.3, -0.25) is 0 Å². The maximum Gasteiger partial charge on any atom is 0.184 e. The number of aryl methyl sites for hydroxylation is 2. The van der Waals surface area contributed by atoms with Gasteiger partial charge in [-0.05, 0) is 36.6 Å². The molecule has 4 nitrogen and oxygen atoms in total. The molecule has 3 atom stereocenters. The third-order valence-corrected chi connectivity index (χ3v) is 7.06. The number of rotatable bonds is 4. The number of nitrogens with two attached hydrogens (primary N) is 1. The Morgan fingerprint density at radius 3 is 2.21 bits per heavy atom. The zero-order valence-electron chi connectivity index (χ0n) is 13.7. The Kier molecular flexibility index (Phi) is 3.98. The molecule has 1 aliphatic rings. The summed E-state index contributed by atoms with van der Waals surface area (Å²) in [6, 6.07) is 16.4. The fourth-order valence-corrected chi connectivity index (χ4v) is 5.41. The second kappa shape index (κ2) is 5.73. The van der Waals surface area contributed by atoms with Crippen molar-refractivity contribution in [1.29, 1.82) is 5.26 Å². The van der Waals surface area contributed by atoms with E-state index in [1.54, 1.807) is 24.3 Å². The Bertz CT molecular complexity index is 896. The Morgan fingerprint density at radius 2 is 1.71 bits per heavy atom. The van der Waals surface area contributed by atoms with Crippen molar-refractivity contribution in [3.05, 3.63) is 65.2 Å². The van der Waals surface area contributed by atoms with E-state index in [1.807, 2.05) is 37.3 Å². The van der Waals surface area contributed by atoms with Crippen LogP contribution in [0.2, 0.25) is 0 Å². The second-order valence-corrected chi connectivity index (χ2v) is 8.47. The number of benzene rings is 2. The van der Waals surface area contributed by atoms with E-state index in [1.165, 1.54) is 0 Å². The fourth-order valence-electron chi connectivity index (χ4n) is 3.23. The van der Waals surface area contributed by atoms with E-state index in [-0.39, 0.29) is 4.90 Å². The zero-order valence-corrected chi connectivity index (χ0v) is 14.5. The predicted molar refractivity (Wildman–Crippen MR) is 93.2 cm³/mol. The fraction of sp³-hybridized carbons (Fsp3) is 0.316. The topological polar surface area (TPSA) is 83.9 Å². The van der Waals surface area contributed by atoms with Crippen LogP contribution in [0.15, 0.2) is 53.4 Å². The summed E-state index contributed by atoms with van der Waals surface area (Å²) in [4.78, 5) is 0.218. The summed E-state index contributed by atoms with van der Waals surface area (Å²) in [5.74, 6) is -0.500. The molecule has 0 radical (unpaired) electrons. The molecule has 1 fully saturated rings. The number of nitriles is 1. The van der Waals surface area contributed by atoms with Crippen LogP contribution < -0.4 is 5.73 Å². The molecule has 124 valence electrons. The van der Waals surface area contributed by atoms with E-state index in [4.69, 9.17) is 5.73 Å². The van der Waals surface area contributed by atoms with Gasteiger partial charge in [0.1, 0.15) is 10.8 Å². The maximum absolute atomic E-state index is 13.0. The monoisotopic (exact) mass is 340 g/mol. The molecular formula is C19H20N2O2S. The molecule has 2 aromatic rings. The van der Waals surface area contributed by atoms with E-state index in [9.17, 15) is 13.7 Å². The molecule has 0 bridgehead atoms. The largest absolute Gasteiger partial charge is 0.312 e. The molecule has 24 heavy (non-hydrogen) atoms. The SMILES string of the molecule is CCc1ccc(C2C(S(=O)(=O)c3ccc(C)cc3)C2(N)C#N)cc1. The van der Waals surface area contributed by atoms with Crippen LogP contribution in [0.4, 0.5) is 0 Å². The van der Waals surface area contributed by atoms with Crippen LogP contribution in [0.25, 0.3) is 0 Å². The average Bonchev–Trinajstić information content (AvgIpc) is 3.23. The standard InChI is InChI=1S/C19H20N2O2S/c1-3-14-6-8-15(9-7-14)17-18(19(17,21)12-20)24(22,23)16-10-4-13(2)5-11-16/h4-11,17-18H,3,21H2,1-2H3. The molecule has 1 saturated carbocycles. The highest BCUT2D eigenvalue weighted by molar-refractivity contribution is 7.92. The highest BCUT2D eigenvalue weighted by Gasteiger charge is 2.70. The minimum atomic E-state index is -3.66. The highest BCUT2D eigenvalue weighted by Crippen LogP contribution is 2.55. The third-order valence-electron chi connectivity index (χ3n) is 4.80. The average molecular weight is 340 g/mol. The lowest BCUT2D eigenvalue weighted by atomic mass is 10.0. The minimum Gasteiger partial charge on any atom is -0.312 e. The molecule has 1 aliphatic carbocycles. The Hall–Kier alpha value is -2.16. The van der Waals surface area contributed by atoms with Gasteiger partial charge in [0.15, 0.2) is 9.84 Å². The molecule has 0 spiro atoms. The first kappa shape index (κ1) is 16.7. The quantitative estimate of drug-likeness (QED) is 0.927. The molecule has 5 heteroatoms. The number of hydrogen-bond donors (Lipinski definition) is 1. The van der Waals surface area contributed by atoms with Crippen molar-refractivity contribution in [3.8, 4) is 6.07 Å². The third kappa shape index (κ3) is 2.52. The summed E-state index contributed by atoms with van der Waals surface area (Å²) in [5.41, 5.74) is 7.72. The molecule has 3 unspecified atom stereocenters. The van der Waals surface area contributed by atoms with Crippen LogP contribution in [0.1, 0.15) is 29.5 Å². The van der Waals surface area contributed by atoms with Gasteiger partial charge in [0.2, 0.25) is 0 Å². The lowest BCUT2D eigenvalue weighted by Crippen LogP contribution is -2.29. The van der Waals surface area contributed by atoms with Crippen molar-refractivity contribution in [3.63, 3.8) is 0 Å². The van der Waals surface area contributed by atoms with Gasteiger partial charge in [-0.25, -0.2) is 8.42 Å². The summed E-state index contributed by atoms with van der Waals surface area (Å²) in [7, 11) is -3.66. The van der Waals surface area contributed by atoms with Crippen LogP contribution >= 0.6 is 0 Å². The normalized spacial score (nSPS) is 25.9. The number of sulfone groups is 1. The van der Waals surface area contributed by atoms with Gasteiger partial charge >= 0.3 is 0 Å². The zero-order chi connectivity index (χ0) is 17.5. The van der Waals surface area contributed by atoms with Gasteiger partial charge in [-0.2, -0.15) is 5.26 Å². The molecular weight excluding hydrogens is 320 g/mol. The van der Waals surface area contributed by atoms with Gasteiger partial charge in [0.05, 0.1) is 11.0 Å². The summed E-state index contributed by atoms with van der Waals surface area (Å²) < 4.78 is 25.9. The summed E-state index contributed by atoms with van der Waals surface area (Å²) in [5, 5.41) is 8.57. The molecule has 3 rings (SSSR count). The smallest absolute Gasteiger partial charge is 0.184 e. The van der Waals surface area contributed by atoms with Gasteiger partial charge in [-0.1, -0.05) is 48.9 Å². The van der Waals surface area contributed by atoms with Crippen LogP contribution in [-0.4, -0.2) is 19.2 Å². The summed E-state index contributed by atoms with van der Waals surface area (Å²) in [6.07, 6.45) is 0.905. The molecule has 2 aromatic carbocycles. The van der Waals surface area contributed by atoms with E-state index in [2.05, 4.69) is 6.92 Å². The lowest BCUT2D eigenvalue weighted by molar-refractivity contribution is 0.592. The Morgan fingerprint density at radius 1 is 1.12 bits per heavy atom. The summed E-state index contributed by atoms with van der Waals surface area (Å²) >= 11 is 0. The van der Waals surface area contributed by atoms with Crippen molar-refractivity contribution < 1.29 is 8.42 Å². The van der Waals surface area contributed by atoms with E-state index >= 15 is 0 Å². The van der Waals surface area contributed by atoms with Gasteiger partial charge in [0, 0.05) is 5.92 Å². The molecule has 0 aromatic heterocycles. The minimum absolute atomic E-state index is 0.218. The first-order chi connectivity index (χ1) is 11.3. The first-order valence-electron chi connectivity index (χ1n) is 7.94. The molecule has 0 saturated heterocycles. The number of nitrogens with zero attached hydrogens (tertiary/aromatic N) is 1. The van der Waals surface area contributed by atoms with E-state index < -0.39 is 26.5 Å². The van der Waals surface area contributed by atoms with Crippen LogP contribution in [0, 0.1) is 18.3 Å². The van der Waals surface area contributed by atoms with Gasteiger partial charge in [-0.15, -0.1) is 0 Å². The van der Waals surface area contributed by atoms with Gasteiger partial charge in [0.25, 0.3) is 0 Å². The van der Waals surface area contributed by atoms with Crippen LogP contribution in [0.5, 0.6) is 0 Å². The van der Waals surface area contributed by atoms with E-state index in [0.29, 0.717) is 0 Å². The van der Waals surface area contributed by atoms with E-state index in [0.717, 1.165) is 23.1 Å². The molecule has 0 amide bonds. The van der Waals surface area contributed by atoms with Crippen molar-refractivity contribution in [2.75, 3.05) is 0 Å². The predicted octanol–water partition coefficient (Wildman–Crippen LogP) is 2.72. The number of hydrogen-bond acceptors (Lipinski definition) is 4. The molecule has 0 heterocycles. The Balaban J connectivity index is 2.00. The van der Waals surface area contributed by atoms with Crippen molar-refractivity contribution in [1.82, 2.24) is 0 Å². The Labute approximate surface area is 142 Å². The first-order valence-corrected chi connectivity index (χ1v) is 9.48. The van der Waals surface area contributed by atoms with Crippen LogP contribution in [-0.2, 0) is 16.3 Å². The molecule has 2 N–H and O–H groups in total. The highest BCUT2D eigenvalue weighted by atomic mass is 32.2. The van der Waals surface area contributed by atoms with Crippen LogP contribution in [0.3, 0.4) is 0 Å². The summed E-state index contributed by atoms with van der Waals surface area (Å²) in [6.45, 7) is 3.95. The lowest BCUT2D eigenvalue weighted by Gasteiger charge is -2.05. The molecule has 0 aliphatic heterocycles. The second-order valence-electron chi connectivity index (χ2n) is 6.40. The maximum atomic E-state index is 13.0.